The van der Waals surface area contributed by atoms with Crippen molar-refractivity contribution in [3.63, 3.8) is 0 Å². The molecule has 1 aromatic rings. The van der Waals surface area contributed by atoms with Crippen molar-refractivity contribution in [1.82, 2.24) is 5.32 Å². The van der Waals surface area contributed by atoms with Crippen LogP contribution < -0.4 is 14.8 Å². The van der Waals surface area contributed by atoms with Crippen LogP contribution in [0.25, 0.3) is 0 Å². The molecule has 1 aliphatic rings. The van der Waals surface area contributed by atoms with E-state index in [9.17, 15) is 5.11 Å². The molecule has 2 unspecified atom stereocenters. The highest BCUT2D eigenvalue weighted by Crippen LogP contribution is 2.41. The summed E-state index contributed by atoms with van der Waals surface area (Å²) in [4.78, 5) is 0. The van der Waals surface area contributed by atoms with Crippen molar-refractivity contribution >= 4 is 15.9 Å². The molecule has 1 saturated carbocycles. The predicted octanol–water partition coefficient (Wildman–Crippen LogP) is 2.72. The zero-order valence-electron chi connectivity index (χ0n) is 12.4. The van der Waals surface area contributed by atoms with Gasteiger partial charge < -0.3 is 19.9 Å². The number of methoxy groups -OCH3 is 2. The summed E-state index contributed by atoms with van der Waals surface area (Å²) in [5.74, 6) is 1.43. The minimum atomic E-state index is -0.214. The van der Waals surface area contributed by atoms with Gasteiger partial charge in [-0.15, -0.1) is 0 Å². The number of aliphatic hydroxyl groups is 1. The summed E-state index contributed by atoms with van der Waals surface area (Å²) < 4.78 is 11.6. The SMILES string of the molecule is COc1cc(Br)c(CNC2CC(O)C2(C)C)cc1OC. The minimum Gasteiger partial charge on any atom is -0.493 e. The zero-order valence-corrected chi connectivity index (χ0v) is 14.0. The molecule has 0 radical (unpaired) electrons. The molecule has 2 atom stereocenters. The average Bonchev–Trinajstić information content (AvgIpc) is 2.43. The second-order valence-electron chi connectivity index (χ2n) is 5.80. The smallest absolute Gasteiger partial charge is 0.161 e. The van der Waals surface area contributed by atoms with Crippen molar-refractivity contribution < 1.29 is 14.6 Å². The fraction of sp³-hybridized carbons (Fsp3) is 0.600. The van der Waals surface area contributed by atoms with E-state index in [2.05, 4.69) is 35.1 Å². The Morgan fingerprint density at radius 3 is 2.40 bits per heavy atom. The first-order chi connectivity index (χ1) is 9.40. The fourth-order valence-electron chi connectivity index (χ4n) is 2.51. The highest BCUT2D eigenvalue weighted by Gasteiger charge is 2.46. The Hall–Kier alpha value is -0.780. The first-order valence-electron chi connectivity index (χ1n) is 6.72. The molecule has 5 heteroatoms. The number of benzene rings is 1. The van der Waals surface area contributed by atoms with E-state index in [0.717, 1.165) is 28.8 Å². The Labute approximate surface area is 128 Å². The Bertz CT molecular complexity index is 490. The molecule has 4 nitrogen and oxygen atoms in total. The van der Waals surface area contributed by atoms with Gasteiger partial charge in [-0.25, -0.2) is 0 Å². The van der Waals surface area contributed by atoms with Crippen LogP contribution in [0.3, 0.4) is 0 Å². The van der Waals surface area contributed by atoms with E-state index in [0.29, 0.717) is 11.8 Å². The molecule has 1 fully saturated rings. The van der Waals surface area contributed by atoms with E-state index in [-0.39, 0.29) is 11.5 Å². The molecule has 0 saturated heterocycles. The Morgan fingerprint density at radius 2 is 1.90 bits per heavy atom. The summed E-state index contributed by atoms with van der Waals surface area (Å²) in [6.07, 6.45) is 0.589. The van der Waals surface area contributed by atoms with Gasteiger partial charge in [0.15, 0.2) is 11.5 Å². The maximum absolute atomic E-state index is 9.76. The van der Waals surface area contributed by atoms with Crippen molar-refractivity contribution in [3.05, 3.63) is 22.2 Å². The van der Waals surface area contributed by atoms with Gasteiger partial charge in [0.25, 0.3) is 0 Å². The molecule has 1 aromatic carbocycles. The lowest BCUT2D eigenvalue weighted by atomic mass is 9.64. The number of hydrogen-bond acceptors (Lipinski definition) is 4. The highest BCUT2D eigenvalue weighted by atomic mass is 79.9. The lowest BCUT2D eigenvalue weighted by Crippen LogP contribution is -2.59. The Morgan fingerprint density at radius 1 is 1.30 bits per heavy atom. The van der Waals surface area contributed by atoms with E-state index >= 15 is 0 Å². The van der Waals surface area contributed by atoms with Gasteiger partial charge in [-0.05, 0) is 24.1 Å². The van der Waals surface area contributed by atoms with E-state index < -0.39 is 0 Å². The fourth-order valence-corrected chi connectivity index (χ4v) is 2.98. The van der Waals surface area contributed by atoms with Crippen molar-refractivity contribution in [2.75, 3.05) is 14.2 Å². The van der Waals surface area contributed by atoms with Gasteiger partial charge in [-0.2, -0.15) is 0 Å². The van der Waals surface area contributed by atoms with E-state index in [1.807, 2.05) is 12.1 Å². The Balaban J connectivity index is 2.07. The standard InChI is InChI=1S/C15H22BrNO3/c1-15(2)13(7-14(15)18)17-8-9-5-11(19-3)12(20-4)6-10(9)16/h5-6,13-14,17-18H,7-8H2,1-4H3. The molecule has 0 amide bonds. The van der Waals surface area contributed by atoms with E-state index in [1.54, 1.807) is 14.2 Å². The number of ether oxygens (including phenoxy) is 2. The quantitative estimate of drug-likeness (QED) is 0.862. The molecule has 0 aliphatic heterocycles. The number of aliphatic hydroxyl groups excluding tert-OH is 1. The minimum absolute atomic E-state index is 0.0664. The number of nitrogens with one attached hydrogen (secondary N) is 1. The average molecular weight is 344 g/mol. The van der Waals surface area contributed by atoms with Gasteiger partial charge in [-0.3, -0.25) is 0 Å². The topological polar surface area (TPSA) is 50.7 Å². The van der Waals surface area contributed by atoms with Crippen LogP contribution in [0.15, 0.2) is 16.6 Å². The highest BCUT2D eigenvalue weighted by molar-refractivity contribution is 9.10. The molecule has 0 bridgehead atoms. The molecule has 0 aromatic heterocycles. The van der Waals surface area contributed by atoms with Gasteiger partial charge in [0.05, 0.1) is 20.3 Å². The van der Waals surface area contributed by atoms with Gasteiger partial charge in [0.2, 0.25) is 0 Å². The van der Waals surface area contributed by atoms with Gasteiger partial charge >= 0.3 is 0 Å². The van der Waals surface area contributed by atoms with Crippen molar-refractivity contribution in [1.29, 1.82) is 0 Å². The number of rotatable bonds is 5. The number of hydrogen-bond donors (Lipinski definition) is 2. The maximum Gasteiger partial charge on any atom is 0.161 e. The number of halogens is 1. The van der Waals surface area contributed by atoms with Crippen molar-refractivity contribution in [3.8, 4) is 11.5 Å². The summed E-state index contributed by atoms with van der Waals surface area (Å²) in [5.41, 5.74) is 1.04. The summed E-state index contributed by atoms with van der Waals surface area (Å²) in [5, 5.41) is 13.3. The summed E-state index contributed by atoms with van der Waals surface area (Å²) in [6.45, 7) is 4.90. The van der Waals surface area contributed by atoms with Crippen LogP contribution in [0.1, 0.15) is 25.8 Å². The zero-order chi connectivity index (χ0) is 14.9. The molecular formula is C15H22BrNO3. The third-order valence-corrected chi connectivity index (χ3v) is 5.05. The van der Waals surface area contributed by atoms with Gasteiger partial charge in [-0.1, -0.05) is 29.8 Å². The van der Waals surface area contributed by atoms with Crippen molar-refractivity contribution in [2.24, 2.45) is 5.41 Å². The summed E-state index contributed by atoms with van der Waals surface area (Å²) in [6, 6.07) is 4.21. The molecule has 2 N–H and O–H groups in total. The van der Waals surface area contributed by atoms with Crippen LogP contribution in [-0.4, -0.2) is 31.5 Å². The van der Waals surface area contributed by atoms with Gasteiger partial charge in [0.1, 0.15) is 0 Å². The lowest BCUT2D eigenvalue weighted by molar-refractivity contribution is -0.0730. The summed E-state index contributed by atoms with van der Waals surface area (Å²) >= 11 is 3.56. The first kappa shape index (κ1) is 15.6. The molecule has 0 heterocycles. The second-order valence-corrected chi connectivity index (χ2v) is 6.66. The largest absolute Gasteiger partial charge is 0.493 e. The van der Waals surface area contributed by atoms with Crippen molar-refractivity contribution in [2.45, 2.75) is 39.0 Å². The van der Waals surface area contributed by atoms with Crippen LogP contribution in [0.5, 0.6) is 11.5 Å². The first-order valence-corrected chi connectivity index (χ1v) is 7.51. The Kier molecular flexibility index (Phi) is 4.62. The summed E-state index contributed by atoms with van der Waals surface area (Å²) in [7, 11) is 3.26. The maximum atomic E-state index is 9.76. The van der Waals surface area contributed by atoms with E-state index in [4.69, 9.17) is 9.47 Å². The lowest BCUT2D eigenvalue weighted by Gasteiger charge is -2.49. The van der Waals surface area contributed by atoms with Crippen LogP contribution in [0, 0.1) is 5.41 Å². The third kappa shape index (κ3) is 2.80. The second kappa shape index (κ2) is 5.92. The molecule has 112 valence electrons. The molecule has 1 aliphatic carbocycles. The third-order valence-electron chi connectivity index (χ3n) is 4.31. The van der Waals surface area contributed by atoms with Crippen LogP contribution in [0.4, 0.5) is 0 Å². The van der Waals surface area contributed by atoms with Gasteiger partial charge in [0, 0.05) is 22.5 Å². The molecular weight excluding hydrogens is 322 g/mol. The molecule has 2 rings (SSSR count). The predicted molar refractivity (Wildman–Crippen MR) is 82.3 cm³/mol. The molecule has 0 spiro atoms. The van der Waals surface area contributed by atoms with Crippen LogP contribution in [-0.2, 0) is 6.54 Å². The van der Waals surface area contributed by atoms with E-state index in [1.165, 1.54) is 0 Å². The monoisotopic (exact) mass is 343 g/mol. The van der Waals surface area contributed by atoms with Crippen LogP contribution in [0.2, 0.25) is 0 Å². The normalized spacial score (nSPS) is 24.1. The molecule has 20 heavy (non-hydrogen) atoms. The van der Waals surface area contributed by atoms with Crippen LogP contribution >= 0.6 is 15.9 Å².